The minimum Gasteiger partial charge on any atom is -1.00 e. The maximum atomic E-state index is 5.76. The first-order valence-electron chi connectivity index (χ1n) is 15.6. The average molecular weight is 692 g/mol. The summed E-state index contributed by atoms with van der Waals surface area (Å²) in [5.74, 6) is 5.36. The van der Waals surface area contributed by atoms with Gasteiger partial charge in [-0.25, -0.2) is 0 Å². The van der Waals surface area contributed by atoms with Crippen LogP contribution in [0.1, 0.15) is 95.3 Å². The van der Waals surface area contributed by atoms with Gasteiger partial charge in [-0.05, 0) is 25.1 Å². The van der Waals surface area contributed by atoms with Gasteiger partial charge in [-0.3, -0.25) is 0 Å². The van der Waals surface area contributed by atoms with Gasteiger partial charge in [0.1, 0.15) is 11.5 Å². The molecule has 2 unspecified atom stereocenters. The van der Waals surface area contributed by atoms with Crippen LogP contribution in [0.5, 0.6) is 0 Å². The fraction of sp³-hybridized carbons (Fsp3) is 0.459. The zero-order chi connectivity index (χ0) is 27.6. The Morgan fingerprint density at radius 1 is 0.833 bits per heavy atom. The summed E-state index contributed by atoms with van der Waals surface area (Å²) < 4.78 is 6.41. The largest absolute Gasteiger partial charge is 1.00 e. The zero-order valence-electron chi connectivity index (χ0n) is 25.5. The quantitative estimate of drug-likeness (QED) is 0.370. The third-order valence-electron chi connectivity index (χ3n) is 11.7. The second-order valence-corrected chi connectivity index (χ2v) is 20.7. The zero-order valence-corrected chi connectivity index (χ0v) is 30.5. The van der Waals surface area contributed by atoms with Gasteiger partial charge in [0, 0.05) is 11.1 Å². The second kappa shape index (κ2) is 10.8. The Hall–Kier alpha value is -1.12. The van der Waals surface area contributed by atoms with Crippen LogP contribution in [0.3, 0.4) is 0 Å². The summed E-state index contributed by atoms with van der Waals surface area (Å²) in [5.41, 5.74) is 13.4. The van der Waals surface area contributed by atoms with Crippen molar-refractivity contribution in [2.45, 2.75) is 87.0 Å². The molecule has 6 bridgehead atoms. The van der Waals surface area contributed by atoms with Gasteiger partial charge in [0.15, 0.2) is 0 Å². The molecule has 1 aromatic heterocycles. The maximum absolute atomic E-state index is 5.76. The van der Waals surface area contributed by atoms with Crippen molar-refractivity contribution in [2.24, 2.45) is 17.8 Å². The van der Waals surface area contributed by atoms with E-state index in [1.54, 1.807) is 41.1 Å². The first kappa shape index (κ1) is 30.9. The second-order valence-electron chi connectivity index (χ2n) is 14.8. The van der Waals surface area contributed by atoms with Gasteiger partial charge in [0.05, 0.1) is 8.07 Å². The molecule has 2 aromatic carbocycles. The van der Waals surface area contributed by atoms with Crippen molar-refractivity contribution < 1.29 is 54.0 Å². The van der Waals surface area contributed by atoms with Gasteiger partial charge < -0.3 is 29.2 Å². The van der Waals surface area contributed by atoms with E-state index < -0.39 is 8.07 Å². The van der Waals surface area contributed by atoms with E-state index in [9.17, 15) is 0 Å². The molecule has 42 heavy (non-hydrogen) atoms. The molecule has 2 aliphatic heterocycles. The fourth-order valence-electron chi connectivity index (χ4n) is 10.6. The number of halogens is 2. The summed E-state index contributed by atoms with van der Waals surface area (Å²) in [6.45, 7) is 11.5. The molecule has 0 radical (unpaired) electrons. The van der Waals surface area contributed by atoms with E-state index in [1.165, 1.54) is 77.7 Å². The van der Waals surface area contributed by atoms with E-state index in [0.717, 1.165) is 29.1 Å². The number of furan rings is 1. The molecule has 3 heterocycles. The molecule has 4 fully saturated rings. The van der Waals surface area contributed by atoms with Crippen LogP contribution in [0, 0.1) is 24.7 Å². The first-order chi connectivity index (χ1) is 19.1. The van der Waals surface area contributed by atoms with Crippen LogP contribution in [0.25, 0.3) is 22.4 Å². The Labute approximate surface area is 280 Å². The van der Waals surface area contributed by atoms with Crippen LogP contribution in [0.15, 0.2) is 64.1 Å². The summed E-state index contributed by atoms with van der Waals surface area (Å²) in [6, 6.07) is 18.9. The van der Waals surface area contributed by atoms with E-state index in [-0.39, 0.29) is 24.8 Å². The molecule has 0 amide bonds. The molecule has 0 saturated heterocycles. The van der Waals surface area contributed by atoms with E-state index in [1.807, 2.05) is 6.92 Å². The van der Waals surface area contributed by atoms with Crippen molar-refractivity contribution in [3.63, 3.8) is 0 Å². The molecule has 217 valence electrons. The topological polar surface area (TPSA) is 13.1 Å². The Bertz CT molecular complexity index is 1580. The van der Waals surface area contributed by atoms with Crippen molar-refractivity contribution in [3.8, 4) is 11.1 Å². The Kier molecular flexibility index (Phi) is 7.91. The molecular weight excluding hydrogens is 651 g/mol. The molecule has 4 saturated carbocycles. The first-order valence-corrected chi connectivity index (χ1v) is 20.1. The third kappa shape index (κ3) is 4.46. The van der Waals surface area contributed by atoms with Crippen LogP contribution in [0.4, 0.5) is 0 Å². The van der Waals surface area contributed by atoms with Crippen molar-refractivity contribution in [1.29, 1.82) is 0 Å². The Balaban J connectivity index is 0.000000178. The Morgan fingerprint density at radius 2 is 1.45 bits per heavy atom. The summed E-state index contributed by atoms with van der Waals surface area (Å²) in [7, 11) is -1.10. The van der Waals surface area contributed by atoms with Gasteiger partial charge in [0.2, 0.25) is 0 Å². The maximum Gasteiger partial charge on any atom is -1.00 e. The molecule has 8 aliphatic rings. The summed E-state index contributed by atoms with van der Waals surface area (Å²) in [5, 5.41) is 1.60. The van der Waals surface area contributed by atoms with Gasteiger partial charge in [-0.1, -0.05) is 18.7 Å². The van der Waals surface area contributed by atoms with E-state index in [4.69, 9.17) is 4.42 Å². The standard InChI is InChI=1S/C26H27.C11H14OSi.2ClH.Zr/c1-17-9-22-3-2-4-24(25(22)10-17)21-5-7-23(8-6-21)26-14-18-11-19(15-26)13-20(12-18)16-26;1-6-5-8-9(12-6)11-7(2)10(8)13(11,3)4;;;/h2-10,18-20H,11-16H2,1H3;5,10H,1-4H3;2*1H;/q;;;;+2/p-2. The summed E-state index contributed by atoms with van der Waals surface area (Å²) in [4.78, 5) is 0. The van der Waals surface area contributed by atoms with Gasteiger partial charge in [-0.2, -0.15) is 0 Å². The summed E-state index contributed by atoms with van der Waals surface area (Å²) in [6.07, 6.45) is 11.4. The van der Waals surface area contributed by atoms with Gasteiger partial charge in [-0.15, -0.1) is 0 Å². The van der Waals surface area contributed by atoms with Crippen LogP contribution < -0.4 is 24.8 Å². The van der Waals surface area contributed by atoms with Crippen molar-refractivity contribution in [1.82, 2.24) is 0 Å². The normalized spacial score (nSPS) is 31.7. The van der Waals surface area contributed by atoms with Crippen molar-refractivity contribution in [3.05, 3.63) is 93.5 Å². The number of hydrogen-bond acceptors (Lipinski definition) is 1. The molecule has 6 aliphatic carbocycles. The number of benzene rings is 2. The monoisotopic (exact) mass is 689 g/mol. The van der Waals surface area contributed by atoms with Crippen molar-refractivity contribution >= 4 is 19.3 Å². The fourth-order valence-corrected chi connectivity index (χ4v) is 15.6. The third-order valence-corrected chi connectivity index (χ3v) is 17.7. The predicted molar refractivity (Wildman–Crippen MR) is 164 cm³/mol. The minimum atomic E-state index is -1.10. The average Bonchev–Trinajstić information content (AvgIpc) is 3.56. The molecule has 2 atom stereocenters. The molecule has 0 spiro atoms. The summed E-state index contributed by atoms with van der Waals surface area (Å²) >= 11 is 1.61. The van der Waals surface area contributed by atoms with Gasteiger partial charge >= 0.3 is 179 Å². The van der Waals surface area contributed by atoms with E-state index in [0.29, 0.717) is 9.04 Å². The van der Waals surface area contributed by atoms with E-state index in [2.05, 4.69) is 81.5 Å². The number of aryl methyl sites for hydroxylation is 1. The Morgan fingerprint density at radius 3 is 2.02 bits per heavy atom. The SMILES string of the molecule is CC1=C2c3oc(C)cc3C1[Si]2(C)C.CC1=Cc2c(-c3ccc(C45CC6CC(CC(C6)C4)C5)cc3)cccc2[CH]1[Zr+2].[Cl-].[Cl-]. The molecule has 11 rings (SSSR count). The van der Waals surface area contributed by atoms with Crippen LogP contribution >= 0.6 is 0 Å². The van der Waals surface area contributed by atoms with E-state index >= 15 is 0 Å². The molecular formula is C37H41Cl2OSiZr. The minimum absolute atomic E-state index is 0. The van der Waals surface area contributed by atoms with Gasteiger partial charge in [0.25, 0.3) is 0 Å². The van der Waals surface area contributed by atoms with Crippen LogP contribution in [-0.2, 0) is 30.1 Å². The molecule has 0 N–H and O–H groups in total. The predicted octanol–water partition coefficient (Wildman–Crippen LogP) is 4.09. The number of allylic oxidation sites excluding steroid dienone is 2. The molecule has 1 nitrogen and oxygen atoms in total. The molecule has 3 aromatic rings. The number of fused-ring (bicyclic) bond motifs is 1. The number of rotatable bonds is 2. The molecule has 5 heteroatoms. The number of hydrogen-bond donors (Lipinski definition) is 0. The van der Waals surface area contributed by atoms with Crippen LogP contribution in [0.2, 0.25) is 13.1 Å². The smallest absolute Gasteiger partial charge is 1.00 e. The van der Waals surface area contributed by atoms with Crippen molar-refractivity contribution in [2.75, 3.05) is 0 Å². The van der Waals surface area contributed by atoms with Crippen LogP contribution in [-0.4, -0.2) is 8.07 Å².